The Hall–Kier alpha value is -3.28. The number of thioether (sulfide) groups is 1. The number of methoxy groups -OCH3 is 2. The Morgan fingerprint density at radius 3 is 2.58 bits per heavy atom. The number of morpholine rings is 1. The maximum absolute atomic E-state index is 13.3. The van der Waals surface area contributed by atoms with Gasteiger partial charge in [0.1, 0.15) is 18.1 Å². The predicted octanol–water partition coefficient (Wildman–Crippen LogP) is 2.85. The molecule has 0 spiro atoms. The lowest BCUT2D eigenvalue weighted by Gasteiger charge is -2.36. The number of amidine groups is 1. The number of carbonyl (C=O) groups is 2. The van der Waals surface area contributed by atoms with Crippen molar-refractivity contribution in [1.29, 1.82) is 0 Å². The number of hydrogen-bond donors (Lipinski definition) is 1. The van der Waals surface area contributed by atoms with Crippen molar-refractivity contribution in [3.8, 4) is 11.5 Å². The first-order chi connectivity index (χ1) is 18.4. The third-order valence-electron chi connectivity index (χ3n) is 6.44. The molecule has 1 atom stereocenters. The fourth-order valence-corrected chi connectivity index (χ4v) is 5.52. The van der Waals surface area contributed by atoms with E-state index in [1.165, 1.54) is 17.8 Å². The minimum absolute atomic E-state index is 0.0727. The van der Waals surface area contributed by atoms with Crippen LogP contribution in [0.1, 0.15) is 24.9 Å². The molecule has 0 aromatic heterocycles. The first-order valence-corrected chi connectivity index (χ1v) is 13.3. The van der Waals surface area contributed by atoms with Crippen LogP contribution >= 0.6 is 11.8 Å². The quantitative estimate of drug-likeness (QED) is 0.334. The van der Waals surface area contributed by atoms with Gasteiger partial charge >= 0.3 is 5.97 Å². The Kier molecular flexibility index (Phi) is 9.48. The lowest BCUT2D eigenvalue weighted by Crippen LogP contribution is -2.42. The van der Waals surface area contributed by atoms with E-state index >= 15 is 0 Å². The van der Waals surface area contributed by atoms with Crippen molar-refractivity contribution >= 4 is 28.8 Å². The van der Waals surface area contributed by atoms with E-state index in [9.17, 15) is 9.59 Å². The molecular formula is C27H34N4O6S. The van der Waals surface area contributed by atoms with Crippen LogP contribution in [0.25, 0.3) is 0 Å². The van der Waals surface area contributed by atoms with Crippen LogP contribution in [-0.4, -0.2) is 87.1 Å². The standard InChI is InChI=1S/C27H34N4O6S/c1-5-10-37-26(33)24-18(2)29-27-31(25(24)19-13-21(34-3)16-22(14-19)35-4)20(17-38-27)15-23(32)28-6-7-30-8-11-36-12-9-30/h5,13-14,16-17,25H,1,6-12,15H2,2-4H3,(H,28,32)/t25-/m0/s1. The number of nitrogens with zero attached hydrogens (tertiary/aromatic N) is 3. The van der Waals surface area contributed by atoms with E-state index in [0.717, 1.165) is 44.1 Å². The van der Waals surface area contributed by atoms with Crippen LogP contribution in [0, 0.1) is 0 Å². The molecule has 1 aromatic carbocycles. The minimum Gasteiger partial charge on any atom is -0.497 e. The van der Waals surface area contributed by atoms with Gasteiger partial charge in [-0.25, -0.2) is 9.79 Å². The molecule has 1 saturated heterocycles. The summed E-state index contributed by atoms with van der Waals surface area (Å²) in [6.45, 7) is 10.00. The van der Waals surface area contributed by atoms with Crippen LogP contribution < -0.4 is 14.8 Å². The second-order valence-corrected chi connectivity index (χ2v) is 9.74. The second kappa shape index (κ2) is 13.0. The molecule has 0 radical (unpaired) electrons. The molecule has 1 N–H and O–H groups in total. The number of esters is 1. The second-order valence-electron chi connectivity index (χ2n) is 8.91. The number of nitrogens with one attached hydrogen (secondary N) is 1. The number of amides is 1. The number of hydrogen-bond acceptors (Lipinski definition) is 10. The number of aliphatic imine (C=N–C) groups is 1. The Bertz CT molecular complexity index is 1140. The smallest absolute Gasteiger partial charge is 0.338 e. The van der Waals surface area contributed by atoms with Gasteiger partial charge in [-0.2, -0.15) is 0 Å². The highest BCUT2D eigenvalue weighted by atomic mass is 32.2. The summed E-state index contributed by atoms with van der Waals surface area (Å²) in [5.74, 6) is 0.565. The van der Waals surface area contributed by atoms with Crippen molar-refractivity contribution in [3.05, 3.63) is 58.8 Å². The minimum atomic E-state index is -0.591. The van der Waals surface area contributed by atoms with Crippen molar-refractivity contribution in [2.75, 3.05) is 60.2 Å². The van der Waals surface area contributed by atoms with Crippen LogP contribution in [0.3, 0.4) is 0 Å². The van der Waals surface area contributed by atoms with Crippen molar-refractivity contribution in [3.63, 3.8) is 0 Å². The fourth-order valence-electron chi connectivity index (χ4n) is 4.55. The van der Waals surface area contributed by atoms with Crippen molar-refractivity contribution in [1.82, 2.24) is 15.1 Å². The molecule has 4 rings (SSSR count). The van der Waals surface area contributed by atoms with Gasteiger partial charge in [0, 0.05) is 37.9 Å². The first kappa shape index (κ1) is 27.7. The molecule has 3 heterocycles. The normalized spacial score (nSPS) is 19.3. The number of ether oxygens (including phenoxy) is 4. The van der Waals surface area contributed by atoms with E-state index in [4.69, 9.17) is 23.9 Å². The molecule has 3 aliphatic heterocycles. The highest BCUT2D eigenvalue weighted by Crippen LogP contribution is 2.46. The van der Waals surface area contributed by atoms with Gasteiger partial charge in [-0.05, 0) is 30.0 Å². The molecule has 38 heavy (non-hydrogen) atoms. The molecule has 1 fully saturated rings. The third-order valence-corrected chi connectivity index (χ3v) is 7.33. The van der Waals surface area contributed by atoms with Gasteiger partial charge < -0.3 is 29.2 Å². The predicted molar refractivity (Wildman–Crippen MR) is 146 cm³/mol. The zero-order valence-electron chi connectivity index (χ0n) is 22.0. The molecule has 0 aliphatic carbocycles. The Balaban J connectivity index is 1.59. The SMILES string of the molecule is C=CCOC(=O)C1=C(C)N=C2SC=C(CC(=O)NCCN3CCOCC3)N2[C@H]1c1cc(OC)cc(OC)c1. The molecule has 0 bridgehead atoms. The molecule has 204 valence electrons. The van der Waals surface area contributed by atoms with Crippen molar-refractivity contribution in [2.45, 2.75) is 19.4 Å². The molecule has 1 aromatic rings. The number of rotatable bonds is 11. The molecule has 0 saturated carbocycles. The van der Waals surface area contributed by atoms with Crippen LogP contribution in [0.15, 0.2) is 58.2 Å². The lowest BCUT2D eigenvalue weighted by molar-refractivity contribution is -0.138. The summed E-state index contributed by atoms with van der Waals surface area (Å²) in [5, 5.41) is 5.62. The van der Waals surface area contributed by atoms with E-state index < -0.39 is 12.0 Å². The Morgan fingerprint density at radius 2 is 1.92 bits per heavy atom. The van der Waals surface area contributed by atoms with Crippen LogP contribution in [0.2, 0.25) is 0 Å². The Morgan fingerprint density at radius 1 is 1.21 bits per heavy atom. The maximum atomic E-state index is 13.3. The van der Waals surface area contributed by atoms with Crippen molar-refractivity contribution in [2.24, 2.45) is 4.99 Å². The summed E-state index contributed by atoms with van der Waals surface area (Å²) in [7, 11) is 3.15. The molecule has 0 unspecified atom stereocenters. The zero-order chi connectivity index (χ0) is 27.1. The van der Waals surface area contributed by atoms with E-state index in [1.807, 2.05) is 22.4 Å². The van der Waals surface area contributed by atoms with Crippen LogP contribution in [0.5, 0.6) is 11.5 Å². The number of allylic oxidation sites excluding steroid dienone is 1. The van der Waals surface area contributed by atoms with E-state index in [2.05, 4.69) is 16.8 Å². The number of benzene rings is 1. The number of fused-ring (bicyclic) bond motifs is 1. The van der Waals surface area contributed by atoms with Gasteiger partial charge in [0.05, 0.1) is 51.2 Å². The van der Waals surface area contributed by atoms with Gasteiger partial charge in [-0.3, -0.25) is 9.69 Å². The Labute approximate surface area is 227 Å². The summed E-state index contributed by atoms with van der Waals surface area (Å²) < 4.78 is 21.8. The topological polar surface area (TPSA) is 102 Å². The van der Waals surface area contributed by atoms with Gasteiger partial charge in [0.15, 0.2) is 5.17 Å². The summed E-state index contributed by atoms with van der Waals surface area (Å²) in [4.78, 5) is 35.1. The summed E-state index contributed by atoms with van der Waals surface area (Å²) in [5.41, 5.74) is 2.42. The molecular weight excluding hydrogens is 508 g/mol. The average Bonchev–Trinajstić information content (AvgIpc) is 3.32. The van der Waals surface area contributed by atoms with Gasteiger partial charge in [0.2, 0.25) is 5.91 Å². The highest BCUT2D eigenvalue weighted by Gasteiger charge is 2.41. The summed E-state index contributed by atoms with van der Waals surface area (Å²) in [6, 6.07) is 4.89. The van der Waals surface area contributed by atoms with Crippen LogP contribution in [-0.2, 0) is 19.1 Å². The third kappa shape index (κ3) is 6.40. The molecule has 11 heteroatoms. The maximum Gasteiger partial charge on any atom is 0.338 e. The van der Waals surface area contributed by atoms with E-state index in [0.29, 0.717) is 34.5 Å². The van der Waals surface area contributed by atoms with E-state index in [1.54, 1.807) is 27.2 Å². The fraction of sp³-hybridized carbons (Fsp3) is 0.444. The van der Waals surface area contributed by atoms with Gasteiger partial charge in [-0.1, -0.05) is 24.4 Å². The first-order valence-electron chi connectivity index (χ1n) is 12.5. The summed E-state index contributed by atoms with van der Waals surface area (Å²) in [6.07, 6.45) is 1.66. The summed E-state index contributed by atoms with van der Waals surface area (Å²) >= 11 is 1.42. The largest absolute Gasteiger partial charge is 0.497 e. The van der Waals surface area contributed by atoms with Crippen molar-refractivity contribution < 1.29 is 28.5 Å². The van der Waals surface area contributed by atoms with Gasteiger partial charge in [0.25, 0.3) is 0 Å². The monoisotopic (exact) mass is 542 g/mol. The van der Waals surface area contributed by atoms with E-state index in [-0.39, 0.29) is 18.9 Å². The lowest BCUT2D eigenvalue weighted by atomic mass is 9.93. The highest BCUT2D eigenvalue weighted by molar-refractivity contribution is 8.16. The number of carbonyl (C=O) groups excluding carboxylic acids is 2. The zero-order valence-corrected chi connectivity index (χ0v) is 22.8. The average molecular weight is 543 g/mol. The van der Waals surface area contributed by atoms with Gasteiger partial charge in [-0.15, -0.1) is 0 Å². The van der Waals surface area contributed by atoms with Crippen LogP contribution in [0.4, 0.5) is 0 Å². The molecule has 1 amide bonds. The molecule has 3 aliphatic rings. The molecule has 10 nitrogen and oxygen atoms in total.